The Morgan fingerprint density at radius 2 is 1.76 bits per heavy atom. The molecule has 0 spiro atoms. The summed E-state index contributed by atoms with van der Waals surface area (Å²) in [5.74, 6) is 1.64. The number of hydrogen-bond acceptors (Lipinski definition) is 1. The van der Waals surface area contributed by atoms with E-state index in [4.69, 9.17) is 0 Å². The molecule has 1 aromatic rings. The average Bonchev–Trinajstić information content (AvgIpc) is 3.03. The number of carbonyl (C=O) groups is 1. The molecule has 0 aliphatic heterocycles. The van der Waals surface area contributed by atoms with E-state index in [2.05, 4.69) is 43.4 Å². The summed E-state index contributed by atoms with van der Waals surface area (Å²) in [6, 6.07) is 8.33. The fourth-order valence-corrected chi connectivity index (χ4v) is 4.78. The first-order chi connectivity index (χ1) is 12.3. The van der Waals surface area contributed by atoms with E-state index >= 15 is 0 Å². The zero-order valence-electron chi connectivity index (χ0n) is 15.3. The Kier molecular flexibility index (Phi) is 4.74. The largest absolute Gasteiger partial charge is 0.289 e. The SMILES string of the molecule is CCCCCC1CCC(C2=CC=C3C(=Cc4ccccc43)C2=O)CC1. The predicted octanol–water partition coefficient (Wildman–Crippen LogP) is 6.36. The highest BCUT2D eigenvalue weighted by Crippen LogP contribution is 2.43. The zero-order chi connectivity index (χ0) is 17.2. The first-order valence-corrected chi connectivity index (χ1v) is 10.1. The molecule has 0 saturated heterocycles. The number of allylic oxidation sites excluding steroid dienone is 5. The van der Waals surface area contributed by atoms with Crippen molar-refractivity contribution in [3.8, 4) is 0 Å². The molecule has 1 aromatic carbocycles. The van der Waals surface area contributed by atoms with Crippen LogP contribution in [0.5, 0.6) is 0 Å². The molecule has 25 heavy (non-hydrogen) atoms. The fraction of sp³-hybridized carbons (Fsp3) is 0.458. The van der Waals surface area contributed by atoms with Gasteiger partial charge in [0.25, 0.3) is 0 Å². The lowest BCUT2D eigenvalue weighted by Crippen LogP contribution is -2.22. The Hall–Kier alpha value is -1.89. The highest BCUT2D eigenvalue weighted by atomic mass is 16.1. The molecule has 0 amide bonds. The summed E-state index contributed by atoms with van der Waals surface area (Å²) in [6.45, 7) is 2.27. The van der Waals surface area contributed by atoms with E-state index in [0.717, 1.165) is 22.6 Å². The van der Waals surface area contributed by atoms with Crippen molar-refractivity contribution in [2.45, 2.75) is 58.3 Å². The molecule has 130 valence electrons. The van der Waals surface area contributed by atoms with E-state index in [1.54, 1.807) is 0 Å². The molecule has 1 fully saturated rings. The van der Waals surface area contributed by atoms with Crippen molar-refractivity contribution < 1.29 is 4.79 Å². The molecular formula is C24H28O. The number of ketones is 1. The Labute approximate surface area is 151 Å². The number of unbranched alkanes of at least 4 members (excludes halogenated alkanes) is 2. The molecule has 0 bridgehead atoms. The molecule has 0 heterocycles. The number of carbonyl (C=O) groups excluding carboxylic acids is 1. The Balaban J connectivity index is 1.45. The van der Waals surface area contributed by atoms with Gasteiger partial charge in [0, 0.05) is 11.1 Å². The van der Waals surface area contributed by atoms with Crippen LogP contribution in [-0.2, 0) is 4.79 Å². The van der Waals surface area contributed by atoms with Crippen LogP contribution in [0.4, 0.5) is 0 Å². The molecule has 0 aromatic heterocycles. The summed E-state index contributed by atoms with van der Waals surface area (Å²) < 4.78 is 0. The second-order valence-corrected chi connectivity index (χ2v) is 7.89. The highest BCUT2D eigenvalue weighted by Gasteiger charge is 2.33. The number of Topliss-reactive ketones (excluding diaryl/α,β-unsaturated/α-hetero) is 1. The van der Waals surface area contributed by atoms with Crippen LogP contribution in [0.3, 0.4) is 0 Å². The summed E-state index contributed by atoms with van der Waals surface area (Å²) in [4.78, 5) is 13.1. The Bertz CT molecular complexity index is 754. The van der Waals surface area contributed by atoms with Crippen molar-refractivity contribution in [3.05, 3.63) is 58.7 Å². The quantitative estimate of drug-likeness (QED) is 0.573. The molecule has 0 N–H and O–H groups in total. The number of benzene rings is 1. The second kappa shape index (κ2) is 7.15. The molecule has 1 nitrogen and oxygen atoms in total. The van der Waals surface area contributed by atoms with Gasteiger partial charge in [-0.1, -0.05) is 69.0 Å². The van der Waals surface area contributed by atoms with Crippen LogP contribution in [0, 0.1) is 11.8 Å². The Morgan fingerprint density at radius 1 is 0.960 bits per heavy atom. The monoisotopic (exact) mass is 332 g/mol. The highest BCUT2D eigenvalue weighted by molar-refractivity contribution is 6.25. The minimum atomic E-state index is 0.281. The van der Waals surface area contributed by atoms with E-state index in [1.807, 2.05) is 6.07 Å². The van der Waals surface area contributed by atoms with Crippen LogP contribution < -0.4 is 0 Å². The molecule has 1 heteroatoms. The van der Waals surface area contributed by atoms with E-state index in [-0.39, 0.29) is 5.78 Å². The van der Waals surface area contributed by atoms with E-state index in [1.165, 1.54) is 62.5 Å². The van der Waals surface area contributed by atoms with Gasteiger partial charge >= 0.3 is 0 Å². The molecule has 3 aliphatic carbocycles. The van der Waals surface area contributed by atoms with Crippen LogP contribution in [0.1, 0.15) is 69.4 Å². The van der Waals surface area contributed by atoms with Gasteiger partial charge in [-0.05, 0) is 60.3 Å². The van der Waals surface area contributed by atoms with Crippen molar-refractivity contribution in [2.24, 2.45) is 11.8 Å². The molecule has 3 aliphatic rings. The maximum atomic E-state index is 13.1. The van der Waals surface area contributed by atoms with E-state index < -0.39 is 0 Å². The van der Waals surface area contributed by atoms with E-state index in [0.29, 0.717) is 5.92 Å². The number of fused-ring (bicyclic) bond motifs is 3. The van der Waals surface area contributed by atoms with Crippen LogP contribution >= 0.6 is 0 Å². The first kappa shape index (κ1) is 16.6. The summed E-state index contributed by atoms with van der Waals surface area (Å²) in [5, 5.41) is 0. The standard InChI is InChI=1S/C24H28O/c1-2-3-4-7-17-10-12-18(13-11-17)21-14-15-22-20-9-6-5-8-19(20)16-23(22)24(21)25/h5-6,8-9,14-18H,2-4,7,10-13H2,1H3. The van der Waals surface area contributed by atoms with Gasteiger partial charge in [-0.2, -0.15) is 0 Å². The van der Waals surface area contributed by atoms with Crippen molar-refractivity contribution in [3.63, 3.8) is 0 Å². The normalized spacial score (nSPS) is 25.0. The van der Waals surface area contributed by atoms with Gasteiger partial charge in [0.15, 0.2) is 5.78 Å². The predicted molar refractivity (Wildman–Crippen MR) is 105 cm³/mol. The van der Waals surface area contributed by atoms with Crippen molar-refractivity contribution in [1.82, 2.24) is 0 Å². The molecule has 0 unspecified atom stereocenters. The summed E-state index contributed by atoms with van der Waals surface area (Å²) in [7, 11) is 0. The van der Waals surface area contributed by atoms with Crippen molar-refractivity contribution in [2.75, 3.05) is 0 Å². The number of rotatable bonds is 5. The lowest BCUT2D eigenvalue weighted by molar-refractivity contribution is -0.112. The van der Waals surface area contributed by atoms with Crippen LogP contribution in [0.25, 0.3) is 11.6 Å². The molecule has 0 radical (unpaired) electrons. The maximum absolute atomic E-state index is 13.1. The topological polar surface area (TPSA) is 17.1 Å². The third-order valence-corrected chi connectivity index (χ3v) is 6.28. The van der Waals surface area contributed by atoms with Gasteiger partial charge in [-0.15, -0.1) is 0 Å². The lowest BCUT2D eigenvalue weighted by atomic mass is 9.73. The van der Waals surface area contributed by atoms with Gasteiger partial charge in [-0.25, -0.2) is 0 Å². The summed E-state index contributed by atoms with van der Waals surface area (Å²) >= 11 is 0. The average molecular weight is 332 g/mol. The smallest absolute Gasteiger partial charge is 0.189 e. The van der Waals surface area contributed by atoms with Crippen molar-refractivity contribution in [1.29, 1.82) is 0 Å². The maximum Gasteiger partial charge on any atom is 0.189 e. The summed E-state index contributed by atoms with van der Waals surface area (Å²) in [5.41, 5.74) is 5.50. The molecule has 1 saturated carbocycles. The van der Waals surface area contributed by atoms with Crippen LogP contribution in [-0.4, -0.2) is 5.78 Å². The fourth-order valence-electron chi connectivity index (χ4n) is 4.78. The van der Waals surface area contributed by atoms with Crippen molar-refractivity contribution >= 4 is 17.4 Å². The lowest BCUT2D eigenvalue weighted by Gasteiger charge is -2.30. The van der Waals surface area contributed by atoms with Gasteiger partial charge < -0.3 is 0 Å². The third kappa shape index (κ3) is 3.17. The zero-order valence-corrected chi connectivity index (χ0v) is 15.3. The van der Waals surface area contributed by atoms with Crippen LogP contribution in [0.15, 0.2) is 47.6 Å². The van der Waals surface area contributed by atoms with Gasteiger partial charge in [0.2, 0.25) is 0 Å². The number of hydrogen-bond donors (Lipinski definition) is 0. The van der Waals surface area contributed by atoms with E-state index in [9.17, 15) is 4.79 Å². The second-order valence-electron chi connectivity index (χ2n) is 7.89. The molecule has 0 atom stereocenters. The molecule has 4 rings (SSSR count). The minimum Gasteiger partial charge on any atom is -0.289 e. The van der Waals surface area contributed by atoms with Gasteiger partial charge in [0.05, 0.1) is 0 Å². The molecular weight excluding hydrogens is 304 g/mol. The first-order valence-electron chi connectivity index (χ1n) is 10.1. The third-order valence-electron chi connectivity index (χ3n) is 6.28. The summed E-state index contributed by atoms with van der Waals surface area (Å²) in [6.07, 6.45) is 16.8. The van der Waals surface area contributed by atoms with Crippen LogP contribution in [0.2, 0.25) is 0 Å². The minimum absolute atomic E-state index is 0.281. The van der Waals surface area contributed by atoms with Gasteiger partial charge in [0.1, 0.15) is 0 Å². The Morgan fingerprint density at radius 3 is 2.56 bits per heavy atom. The van der Waals surface area contributed by atoms with Gasteiger partial charge in [-0.3, -0.25) is 4.79 Å².